The van der Waals surface area contributed by atoms with Crippen LogP contribution in [0.2, 0.25) is 5.28 Å². The van der Waals surface area contributed by atoms with Gasteiger partial charge in [-0.25, -0.2) is 9.97 Å². The molecule has 0 spiro atoms. The summed E-state index contributed by atoms with van der Waals surface area (Å²) in [6.07, 6.45) is 3.70. The number of hydrogen-bond donors (Lipinski definition) is 0. The zero-order chi connectivity index (χ0) is 15.3. The molecule has 4 aromatic rings. The van der Waals surface area contributed by atoms with E-state index in [9.17, 15) is 0 Å². The van der Waals surface area contributed by atoms with Crippen molar-refractivity contribution >= 4 is 28.2 Å². The molecule has 0 saturated heterocycles. The topological polar surface area (TPSA) is 60.9 Å². The van der Waals surface area contributed by atoms with E-state index in [1.165, 1.54) is 0 Å². The summed E-state index contributed by atoms with van der Waals surface area (Å²) in [5, 5.41) is 10.0. The van der Waals surface area contributed by atoms with Crippen LogP contribution in [0.25, 0.3) is 27.9 Å². The molecule has 0 amide bonds. The Bertz CT molecular complexity index is 984. The lowest BCUT2D eigenvalue weighted by atomic mass is 10.2. The maximum absolute atomic E-state index is 6.22. The average molecular weight is 313 g/mol. The Kier molecular flexibility index (Phi) is 2.87. The van der Waals surface area contributed by atoms with Crippen molar-refractivity contribution in [1.82, 2.24) is 29.4 Å². The Morgan fingerprint density at radius 1 is 1.14 bits per heavy atom. The molecule has 0 radical (unpaired) electrons. The van der Waals surface area contributed by atoms with Gasteiger partial charge < -0.3 is 0 Å². The fourth-order valence-corrected chi connectivity index (χ4v) is 2.59. The predicted molar refractivity (Wildman–Crippen MR) is 84.9 cm³/mol. The summed E-state index contributed by atoms with van der Waals surface area (Å²) < 4.78 is 3.44. The number of benzene rings is 1. The van der Waals surface area contributed by atoms with Gasteiger partial charge in [0, 0.05) is 17.6 Å². The number of rotatable bonds is 2. The summed E-state index contributed by atoms with van der Waals surface area (Å²) in [6, 6.07) is 8.03. The molecule has 7 heteroatoms. The molecule has 4 rings (SSSR count). The normalized spacial score (nSPS) is 11.8. The summed E-state index contributed by atoms with van der Waals surface area (Å²) in [6.45, 7) is 4.14. The van der Waals surface area contributed by atoms with Crippen LogP contribution in [0.15, 0.2) is 36.7 Å². The quantitative estimate of drug-likeness (QED) is 0.532. The van der Waals surface area contributed by atoms with E-state index in [4.69, 9.17) is 11.6 Å². The first-order valence-corrected chi connectivity index (χ1v) is 7.37. The van der Waals surface area contributed by atoms with Crippen LogP contribution < -0.4 is 0 Å². The first-order chi connectivity index (χ1) is 10.6. The first-order valence-electron chi connectivity index (χ1n) is 6.99. The van der Waals surface area contributed by atoms with Crippen LogP contribution in [0.4, 0.5) is 0 Å². The number of aromatic nitrogens is 6. The molecule has 0 aliphatic carbocycles. The fraction of sp³-hybridized carbons (Fsp3) is 0.200. The lowest BCUT2D eigenvalue weighted by Crippen LogP contribution is -1.99. The smallest absolute Gasteiger partial charge is 0.226 e. The summed E-state index contributed by atoms with van der Waals surface area (Å²) in [7, 11) is 0. The van der Waals surface area contributed by atoms with Crippen molar-refractivity contribution in [3.63, 3.8) is 0 Å². The van der Waals surface area contributed by atoms with E-state index in [0.29, 0.717) is 16.8 Å². The van der Waals surface area contributed by atoms with Gasteiger partial charge in [0.2, 0.25) is 5.28 Å². The number of nitrogens with zero attached hydrogens (tertiary/aromatic N) is 6. The van der Waals surface area contributed by atoms with Gasteiger partial charge >= 0.3 is 0 Å². The predicted octanol–water partition coefficient (Wildman–Crippen LogP) is 3.38. The van der Waals surface area contributed by atoms with E-state index in [-0.39, 0.29) is 6.04 Å². The Hall–Kier alpha value is -2.47. The summed E-state index contributed by atoms with van der Waals surface area (Å²) in [5.41, 5.74) is 2.36. The van der Waals surface area contributed by atoms with E-state index in [1.54, 1.807) is 10.7 Å². The second-order valence-electron chi connectivity index (χ2n) is 5.37. The molecule has 0 N–H and O–H groups in total. The third-order valence-corrected chi connectivity index (χ3v) is 3.77. The van der Waals surface area contributed by atoms with E-state index >= 15 is 0 Å². The van der Waals surface area contributed by atoms with Gasteiger partial charge in [0.25, 0.3) is 0 Å². The van der Waals surface area contributed by atoms with Crippen LogP contribution in [-0.4, -0.2) is 29.4 Å². The van der Waals surface area contributed by atoms with Crippen molar-refractivity contribution in [3.05, 3.63) is 41.9 Å². The molecule has 0 aliphatic rings. The van der Waals surface area contributed by atoms with Crippen LogP contribution in [0.3, 0.4) is 0 Å². The van der Waals surface area contributed by atoms with Gasteiger partial charge in [0.05, 0.1) is 17.3 Å². The minimum atomic E-state index is 0.289. The highest BCUT2D eigenvalue weighted by atomic mass is 35.5. The number of para-hydroxylation sites is 1. The highest BCUT2D eigenvalue weighted by molar-refractivity contribution is 6.29. The van der Waals surface area contributed by atoms with Crippen molar-refractivity contribution in [2.75, 3.05) is 0 Å². The lowest BCUT2D eigenvalue weighted by molar-refractivity contribution is 0.532. The Morgan fingerprint density at radius 2 is 1.95 bits per heavy atom. The molecular formula is C15H13ClN6. The van der Waals surface area contributed by atoms with Crippen LogP contribution in [0.5, 0.6) is 0 Å². The molecule has 0 bridgehead atoms. The van der Waals surface area contributed by atoms with E-state index in [2.05, 4.69) is 34.0 Å². The maximum Gasteiger partial charge on any atom is 0.226 e. The lowest BCUT2D eigenvalue weighted by Gasteiger charge is -2.02. The van der Waals surface area contributed by atoms with Crippen molar-refractivity contribution in [2.45, 2.75) is 19.9 Å². The molecule has 110 valence electrons. The van der Waals surface area contributed by atoms with Crippen LogP contribution in [0.1, 0.15) is 19.9 Å². The van der Waals surface area contributed by atoms with Crippen molar-refractivity contribution in [1.29, 1.82) is 0 Å². The second-order valence-corrected chi connectivity index (χ2v) is 5.71. The summed E-state index contributed by atoms with van der Waals surface area (Å²) >= 11 is 6.22. The molecular weight excluding hydrogens is 300 g/mol. The van der Waals surface area contributed by atoms with Gasteiger partial charge in [0.1, 0.15) is 0 Å². The fourth-order valence-electron chi connectivity index (χ4n) is 2.38. The maximum atomic E-state index is 6.22. The molecule has 3 heterocycles. The minimum Gasteiger partial charge on any atom is -0.270 e. The molecule has 0 aliphatic heterocycles. The van der Waals surface area contributed by atoms with Crippen molar-refractivity contribution in [3.8, 4) is 11.4 Å². The molecule has 0 atom stereocenters. The van der Waals surface area contributed by atoms with Gasteiger partial charge in [-0.3, -0.25) is 4.68 Å². The van der Waals surface area contributed by atoms with Gasteiger partial charge in [-0.2, -0.15) is 9.61 Å². The van der Waals surface area contributed by atoms with E-state index in [0.717, 1.165) is 16.5 Å². The minimum absolute atomic E-state index is 0.289. The van der Waals surface area contributed by atoms with Gasteiger partial charge in [-0.15, -0.1) is 5.10 Å². The van der Waals surface area contributed by atoms with Crippen LogP contribution in [0, 0.1) is 0 Å². The van der Waals surface area contributed by atoms with Crippen molar-refractivity contribution < 1.29 is 0 Å². The molecule has 0 saturated carbocycles. The molecule has 1 aromatic carbocycles. The first kappa shape index (κ1) is 13.2. The largest absolute Gasteiger partial charge is 0.270 e. The van der Waals surface area contributed by atoms with Gasteiger partial charge in [-0.1, -0.05) is 12.1 Å². The second kappa shape index (κ2) is 4.78. The Morgan fingerprint density at radius 3 is 2.73 bits per heavy atom. The third-order valence-electron chi connectivity index (χ3n) is 3.53. The highest BCUT2D eigenvalue weighted by Crippen LogP contribution is 2.24. The van der Waals surface area contributed by atoms with Crippen molar-refractivity contribution in [2.24, 2.45) is 0 Å². The molecule has 22 heavy (non-hydrogen) atoms. The van der Waals surface area contributed by atoms with Crippen LogP contribution >= 0.6 is 11.6 Å². The van der Waals surface area contributed by atoms with Crippen LogP contribution in [-0.2, 0) is 0 Å². The third kappa shape index (κ3) is 1.95. The molecule has 0 unspecified atom stereocenters. The van der Waals surface area contributed by atoms with Gasteiger partial charge in [0.15, 0.2) is 11.5 Å². The monoisotopic (exact) mass is 312 g/mol. The zero-order valence-corrected chi connectivity index (χ0v) is 12.9. The molecule has 6 nitrogen and oxygen atoms in total. The SMILES string of the molecule is CC(C)n1cc(-c2nc3c4ccccc4nc(Cl)n3n2)cn1. The Labute approximate surface area is 131 Å². The van der Waals surface area contributed by atoms with E-state index < -0.39 is 0 Å². The number of fused-ring (bicyclic) bond motifs is 3. The molecule has 0 fully saturated rings. The van der Waals surface area contributed by atoms with Gasteiger partial charge in [-0.05, 0) is 37.6 Å². The highest BCUT2D eigenvalue weighted by Gasteiger charge is 2.14. The zero-order valence-electron chi connectivity index (χ0n) is 12.1. The number of hydrogen-bond acceptors (Lipinski definition) is 4. The number of halogens is 1. The average Bonchev–Trinajstić information content (AvgIpc) is 3.14. The molecule has 3 aromatic heterocycles. The summed E-state index contributed by atoms with van der Waals surface area (Å²) in [4.78, 5) is 8.97. The standard InChI is InChI=1S/C15H13ClN6/c1-9(2)21-8-10(7-17-21)13-19-14-11-5-3-4-6-12(11)18-15(16)22(14)20-13/h3-9H,1-2H3. The van der Waals surface area contributed by atoms with E-state index in [1.807, 2.05) is 35.1 Å². The summed E-state index contributed by atoms with van der Waals surface area (Å²) in [5.74, 6) is 0.590. The Balaban J connectivity index is 1.96.